The number of rotatable bonds is 3. The molecular formula is C11H12Br2O. The minimum absolute atomic E-state index is 0.0477. The molecule has 0 heterocycles. The van der Waals surface area contributed by atoms with Gasteiger partial charge in [0.2, 0.25) is 0 Å². The Bertz CT molecular complexity index is 334. The van der Waals surface area contributed by atoms with Gasteiger partial charge in [0.05, 0.1) is 4.83 Å². The third-order valence-corrected chi connectivity index (χ3v) is 3.66. The molecule has 0 amide bonds. The summed E-state index contributed by atoms with van der Waals surface area (Å²) in [4.78, 5) is 11.5. The zero-order chi connectivity index (χ0) is 10.7. The second-order valence-electron chi connectivity index (χ2n) is 3.44. The predicted octanol–water partition coefficient (Wildman–Crippen LogP) is 4.11. The van der Waals surface area contributed by atoms with Crippen LogP contribution in [0, 0.1) is 5.92 Å². The fourth-order valence-corrected chi connectivity index (χ4v) is 2.88. The van der Waals surface area contributed by atoms with Crippen molar-refractivity contribution in [2.75, 3.05) is 0 Å². The van der Waals surface area contributed by atoms with Gasteiger partial charge in [-0.2, -0.15) is 0 Å². The summed E-state index contributed by atoms with van der Waals surface area (Å²) in [6, 6.07) is 7.76. The van der Waals surface area contributed by atoms with Crippen LogP contribution in [0.4, 0.5) is 0 Å². The summed E-state index contributed by atoms with van der Waals surface area (Å²) in [5, 5.41) is 0. The van der Waals surface area contributed by atoms with E-state index in [1.165, 1.54) is 0 Å². The van der Waals surface area contributed by atoms with Crippen molar-refractivity contribution in [2.45, 2.75) is 18.7 Å². The first-order valence-corrected chi connectivity index (χ1v) is 6.17. The zero-order valence-corrected chi connectivity index (χ0v) is 11.3. The second-order valence-corrected chi connectivity index (χ2v) is 5.21. The lowest BCUT2D eigenvalue weighted by molar-refractivity contribution is -0.121. The first-order chi connectivity index (χ1) is 6.54. The number of halogens is 2. The SMILES string of the molecule is CC(C)C(=O)C(Br)c1ccccc1Br. The lowest BCUT2D eigenvalue weighted by Crippen LogP contribution is -2.13. The van der Waals surface area contributed by atoms with Gasteiger partial charge in [-0.05, 0) is 11.6 Å². The van der Waals surface area contributed by atoms with Gasteiger partial charge in [-0.15, -0.1) is 0 Å². The lowest BCUT2D eigenvalue weighted by Gasteiger charge is -2.13. The van der Waals surface area contributed by atoms with Crippen LogP contribution in [0.25, 0.3) is 0 Å². The van der Waals surface area contributed by atoms with E-state index in [2.05, 4.69) is 31.9 Å². The number of carbonyl (C=O) groups is 1. The molecule has 0 aliphatic carbocycles. The molecule has 76 valence electrons. The number of carbonyl (C=O) groups excluding carboxylic acids is 1. The standard InChI is InChI=1S/C11H12Br2O/c1-7(2)11(14)10(13)8-5-3-4-6-9(8)12/h3-7,10H,1-2H3. The summed E-state index contributed by atoms with van der Waals surface area (Å²) in [5.41, 5.74) is 0.992. The van der Waals surface area contributed by atoms with Crippen molar-refractivity contribution in [3.8, 4) is 0 Å². The molecule has 0 aliphatic rings. The van der Waals surface area contributed by atoms with E-state index in [9.17, 15) is 4.79 Å². The second kappa shape index (κ2) is 5.08. The molecule has 1 rings (SSSR count). The summed E-state index contributed by atoms with van der Waals surface area (Å²) < 4.78 is 0.968. The summed E-state index contributed by atoms with van der Waals surface area (Å²) >= 11 is 6.86. The van der Waals surface area contributed by atoms with Gasteiger partial charge in [-0.25, -0.2) is 0 Å². The minimum atomic E-state index is -0.210. The number of ketones is 1. The predicted molar refractivity (Wildman–Crippen MR) is 65.7 cm³/mol. The minimum Gasteiger partial charge on any atom is -0.298 e. The van der Waals surface area contributed by atoms with Crippen molar-refractivity contribution in [2.24, 2.45) is 5.92 Å². The van der Waals surface area contributed by atoms with E-state index in [1.54, 1.807) is 0 Å². The maximum atomic E-state index is 11.7. The van der Waals surface area contributed by atoms with E-state index in [0.717, 1.165) is 10.0 Å². The van der Waals surface area contributed by atoms with Crippen molar-refractivity contribution in [3.05, 3.63) is 34.3 Å². The molecule has 0 bridgehead atoms. The third-order valence-electron chi connectivity index (χ3n) is 2.00. The van der Waals surface area contributed by atoms with Crippen LogP contribution in [0.2, 0.25) is 0 Å². The Kier molecular flexibility index (Phi) is 4.32. The molecule has 0 spiro atoms. The van der Waals surface area contributed by atoms with Gasteiger partial charge in [0, 0.05) is 10.4 Å². The average Bonchev–Trinajstić information content (AvgIpc) is 2.16. The number of hydrogen-bond acceptors (Lipinski definition) is 1. The van der Waals surface area contributed by atoms with Gasteiger partial charge in [0.25, 0.3) is 0 Å². The third kappa shape index (κ3) is 2.67. The van der Waals surface area contributed by atoms with E-state index >= 15 is 0 Å². The first kappa shape index (κ1) is 11.9. The molecule has 1 unspecified atom stereocenters. The van der Waals surface area contributed by atoms with Crippen LogP contribution >= 0.6 is 31.9 Å². The summed E-state index contributed by atoms with van der Waals surface area (Å²) in [7, 11) is 0. The molecule has 0 radical (unpaired) electrons. The van der Waals surface area contributed by atoms with E-state index in [1.807, 2.05) is 38.1 Å². The highest BCUT2D eigenvalue weighted by molar-refractivity contribution is 9.11. The summed E-state index contributed by atoms with van der Waals surface area (Å²) in [6.07, 6.45) is 0. The Morgan fingerprint density at radius 3 is 2.36 bits per heavy atom. The Balaban J connectivity index is 2.95. The van der Waals surface area contributed by atoms with Gasteiger partial charge in [-0.3, -0.25) is 4.79 Å². The van der Waals surface area contributed by atoms with Gasteiger partial charge >= 0.3 is 0 Å². The highest BCUT2D eigenvalue weighted by Gasteiger charge is 2.21. The van der Waals surface area contributed by atoms with Crippen LogP contribution in [0.5, 0.6) is 0 Å². The van der Waals surface area contributed by atoms with Crippen LogP contribution < -0.4 is 0 Å². The van der Waals surface area contributed by atoms with Crippen LogP contribution in [0.15, 0.2) is 28.7 Å². The van der Waals surface area contributed by atoms with Gasteiger partial charge in [0.1, 0.15) is 0 Å². The number of Topliss-reactive ketones (excluding diaryl/α,β-unsaturated/α-hetero) is 1. The first-order valence-electron chi connectivity index (χ1n) is 4.46. The molecule has 14 heavy (non-hydrogen) atoms. The summed E-state index contributed by atoms with van der Waals surface area (Å²) in [6.45, 7) is 3.82. The van der Waals surface area contributed by atoms with Crippen LogP contribution in [0.3, 0.4) is 0 Å². The Hall–Kier alpha value is -0.150. The van der Waals surface area contributed by atoms with E-state index in [-0.39, 0.29) is 16.5 Å². The van der Waals surface area contributed by atoms with Crippen LogP contribution in [0.1, 0.15) is 24.2 Å². The summed E-state index contributed by atoms with van der Waals surface area (Å²) in [5.74, 6) is 0.253. The van der Waals surface area contributed by atoms with Gasteiger partial charge in [0.15, 0.2) is 5.78 Å². The fraction of sp³-hybridized carbons (Fsp3) is 0.364. The normalized spacial score (nSPS) is 12.9. The quantitative estimate of drug-likeness (QED) is 0.766. The number of benzene rings is 1. The maximum Gasteiger partial charge on any atom is 0.153 e. The van der Waals surface area contributed by atoms with E-state index in [0.29, 0.717) is 0 Å². The van der Waals surface area contributed by atoms with Crippen molar-refractivity contribution < 1.29 is 4.79 Å². The largest absolute Gasteiger partial charge is 0.298 e. The maximum absolute atomic E-state index is 11.7. The van der Waals surface area contributed by atoms with Crippen molar-refractivity contribution >= 4 is 37.6 Å². The van der Waals surface area contributed by atoms with Crippen molar-refractivity contribution in [1.82, 2.24) is 0 Å². The zero-order valence-electron chi connectivity index (χ0n) is 8.13. The van der Waals surface area contributed by atoms with Crippen molar-refractivity contribution in [1.29, 1.82) is 0 Å². The van der Waals surface area contributed by atoms with Gasteiger partial charge in [-0.1, -0.05) is 63.9 Å². The Morgan fingerprint density at radius 1 is 1.29 bits per heavy atom. The Labute approximate surface area is 101 Å². The highest BCUT2D eigenvalue weighted by Crippen LogP contribution is 2.31. The number of hydrogen-bond donors (Lipinski definition) is 0. The highest BCUT2D eigenvalue weighted by atomic mass is 79.9. The molecule has 0 N–H and O–H groups in total. The molecule has 3 heteroatoms. The monoisotopic (exact) mass is 318 g/mol. The fourth-order valence-electron chi connectivity index (χ4n) is 1.13. The van der Waals surface area contributed by atoms with E-state index in [4.69, 9.17) is 0 Å². The van der Waals surface area contributed by atoms with Crippen molar-refractivity contribution in [3.63, 3.8) is 0 Å². The molecule has 1 nitrogen and oxygen atoms in total. The van der Waals surface area contributed by atoms with E-state index < -0.39 is 0 Å². The van der Waals surface area contributed by atoms with Gasteiger partial charge < -0.3 is 0 Å². The molecule has 1 atom stereocenters. The molecule has 0 saturated heterocycles. The lowest BCUT2D eigenvalue weighted by atomic mass is 10.0. The molecule has 0 fully saturated rings. The molecule has 0 saturated carbocycles. The smallest absolute Gasteiger partial charge is 0.153 e. The molecule has 1 aromatic carbocycles. The van der Waals surface area contributed by atoms with Crippen LogP contribution in [-0.4, -0.2) is 5.78 Å². The molecule has 0 aliphatic heterocycles. The molecule has 1 aromatic rings. The number of alkyl halides is 1. The Morgan fingerprint density at radius 2 is 1.86 bits per heavy atom. The molecule has 0 aromatic heterocycles. The topological polar surface area (TPSA) is 17.1 Å². The molecular weight excluding hydrogens is 308 g/mol. The van der Waals surface area contributed by atoms with Crippen LogP contribution in [-0.2, 0) is 4.79 Å². The average molecular weight is 320 g/mol.